The van der Waals surface area contributed by atoms with Crippen LogP contribution in [0.4, 0.5) is 9.52 Å². The molecule has 0 bridgehead atoms. The van der Waals surface area contributed by atoms with Crippen molar-refractivity contribution in [2.45, 2.75) is 32.7 Å². The number of nitrogens with zero attached hydrogens (tertiary/aromatic N) is 2. The number of benzene rings is 3. The zero-order valence-corrected chi connectivity index (χ0v) is 23.7. The molecule has 1 saturated heterocycles. The first kappa shape index (κ1) is 28.1. The number of fused-ring (bicyclic) bond motifs is 1. The lowest BCUT2D eigenvalue weighted by Gasteiger charge is -2.24. The van der Waals surface area contributed by atoms with Crippen LogP contribution in [0.1, 0.15) is 43.9 Å². The molecule has 0 aliphatic carbocycles. The monoisotopic (exact) mass is 576 g/mol. The Morgan fingerprint density at radius 2 is 1.80 bits per heavy atom. The van der Waals surface area contributed by atoms with Crippen molar-refractivity contribution in [1.29, 1.82) is 0 Å². The molecule has 10 heteroatoms. The highest BCUT2D eigenvalue weighted by Crippen LogP contribution is 2.46. The second-order valence-electron chi connectivity index (χ2n) is 9.35. The molecule has 4 aromatic rings. The molecule has 1 N–H and O–H groups in total. The summed E-state index contributed by atoms with van der Waals surface area (Å²) in [5.74, 6) is -1.05. The van der Waals surface area contributed by atoms with E-state index in [-0.39, 0.29) is 16.3 Å². The van der Waals surface area contributed by atoms with Crippen LogP contribution in [0.15, 0.2) is 66.2 Å². The summed E-state index contributed by atoms with van der Waals surface area (Å²) in [5.41, 5.74) is 1.19. The highest BCUT2D eigenvalue weighted by Gasteiger charge is 2.48. The third-order valence-electron chi connectivity index (χ3n) is 6.69. The number of aromatic nitrogens is 1. The van der Waals surface area contributed by atoms with Crippen molar-refractivity contribution in [3.05, 3.63) is 83.2 Å². The normalized spacial score (nSPS) is 16.4. The van der Waals surface area contributed by atoms with Gasteiger partial charge in [-0.25, -0.2) is 9.37 Å². The maximum Gasteiger partial charge on any atom is 0.301 e. The molecule has 1 aromatic heterocycles. The SMILES string of the molecule is CCCCOc1ccc(C2C(=C(O)c3ccc(F)cc3)C(=O)C(=O)N2c2nc3ccc(OCC)cc3s2)cc1OC. The second kappa shape index (κ2) is 12.0. The Hall–Kier alpha value is -4.44. The molecule has 1 unspecified atom stereocenters. The van der Waals surface area contributed by atoms with E-state index in [4.69, 9.17) is 14.2 Å². The molecule has 5 rings (SSSR count). The summed E-state index contributed by atoms with van der Waals surface area (Å²) in [4.78, 5) is 33.0. The van der Waals surface area contributed by atoms with Gasteiger partial charge in [0.15, 0.2) is 16.6 Å². The van der Waals surface area contributed by atoms with Crippen LogP contribution < -0.4 is 19.1 Å². The number of hydrogen-bond acceptors (Lipinski definition) is 8. The Morgan fingerprint density at radius 3 is 2.51 bits per heavy atom. The first-order valence-corrected chi connectivity index (χ1v) is 14.1. The number of hydrogen-bond donors (Lipinski definition) is 1. The van der Waals surface area contributed by atoms with Gasteiger partial charge < -0.3 is 19.3 Å². The van der Waals surface area contributed by atoms with Gasteiger partial charge in [-0.3, -0.25) is 14.5 Å². The molecule has 3 aromatic carbocycles. The molecule has 0 saturated carbocycles. The van der Waals surface area contributed by atoms with E-state index in [1.165, 1.54) is 47.6 Å². The number of aliphatic hydroxyl groups is 1. The minimum absolute atomic E-state index is 0.141. The molecular formula is C31H29FN2O6S. The molecule has 1 aliphatic rings. The molecule has 0 radical (unpaired) electrons. The summed E-state index contributed by atoms with van der Waals surface area (Å²) in [6.07, 6.45) is 1.83. The van der Waals surface area contributed by atoms with E-state index in [2.05, 4.69) is 11.9 Å². The van der Waals surface area contributed by atoms with Crippen LogP contribution in [0.2, 0.25) is 0 Å². The number of rotatable bonds is 10. The lowest BCUT2D eigenvalue weighted by atomic mass is 9.95. The van der Waals surface area contributed by atoms with E-state index in [0.29, 0.717) is 41.5 Å². The summed E-state index contributed by atoms with van der Waals surface area (Å²) in [5, 5.41) is 11.6. The summed E-state index contributed by atoms with van der Waals surface area (Å²) >= 11 is 1.23. The van der Waals surface area contributed by atoms with Gasteiger partial charge >= 0.3 is 5.91 Å². The van der Waals surface area contributed by atoms with E-state index >= 15 is 0 Å². The number of Topliss-reactive ketones (excluding diaryl/α,β-unsaturated/α-hetero) is 1. The number of halogens is 1. The van der Waals surface area contributed by atoms with Crippen molar-refractivity contribution in [1.82, 2.24) is 4.98 Å². The van der Waals surface area contributed by atoms with E-state index in [1.54, 1.807) is 30.3 Å². The van der Waals surface area contributed by atoms with Crippen LogP contribution in [0.5, 0.6) is 17.2 Å². The number of carbonyl (C=O) groups excluding carboxylic acids is 2. The average Bonchev–Trinajstić information content (AvgIpc) is 3.51. The van der Waals surface area contributed by atoms with Gasteiger partial charge in [-0.2, -0.15) is 0 Å². The topological polar surface area (TPSA) is 98.2 Å². The van der Waals surface area contributed by atoms with Crippen molar-refractivity contribution in [2.24, 2.45) is 0 Å². The lowest BCUT2D eigenvalue weighted by molar-refractivity contribution is -0.132. The van der Waals surface area contributed by atoms with Crippen molar-refractivity contribution < 1.29 is 33.3 Å². The van der Waals surface area contributed by atoms with E-state index < -0.39 is 29.3 Å². The number of carbonyl (C=O) groups is 2. The number of methoxy groups -OCH3 is 1. The Morgan fingerprint density at radius 1 is 1.02 bits per heavy atom. The summed E-state index contributed by atoms with van der Waals surface area (Å²) in [7, 11) is 1.50. The third kappa shape index (κ3) is 5.47. The van der Waals surface area contributed by atoms with E-state index in [0.717, 1.165) is 17.5 Å². The van der Waals surface area contributed by atoms with Gasteiger partial charge in [0.2, 0.25) is 0 Å². The number of unbranched alkanes of at least 4 members (excludes halogenated alkanes) is 1. The quantitative estimate of drug-likeness (QED) is 0.0977. The average molecular weight is 577 g/mol. The standard InChI is InChI=1S/C31H29FN2O6S/c1-4-6-15-40-23-14-9-19(16-24(23)38-3)27-26(28(35)18-7-10-20(32)11-8-18)29(36)30(37)34(27)31-33-22-13-12-21(39-5-2)17-25(22)41-31/h7-14,16-17,27,35H,4-6,15H2,1-3H3. The van der Waals surface area contributed by atoms with Gasteiger partial charge in [0.25, 0.3) is 5.78 Å². The predicted octanol–water partition coefficient (Wildman–Crippen LogP) is 6.65. The smallest absolute Gasteiger partial charge is 0.301 e. The molecule has 1 amide bonds. The van der Waals surface area contributed by atoms with Gasteiger partial charge in [-0.05, 0) is 73.5 Å². The van der Waals surface area contributed by atoms with Gasteiger partial charge in [-0.1, -0.05) is 30.7 Å². The molecule has 8 nitrogen and oxygen atoms in total. The van der Waals surface area contributed by atoms with Gasteiger partial charge in [0, 0.05) is 5.56 Å². The van der Waals surface area contributed by atoms with Crippen molar-refractivity contribution in [2.75, 3.05) is 25.2 Å². The van der Waals surface area contributed by atoms with Crippen LogP contribution >= 0.6 is 11.3 Å². The number of ether oxygens (including phenoxy) is 3. The fraction of sp³-hybridized carbons (Fsp3) is 0.258. The third-order valence-corrected chi connectivity index (χ3v) is 7.70. The Labute approximate surface area is 240 Å². The number of thiazole rings is 1. The predicted molar refractivity (Wildman–Crippen MR) is 155 cm³/mol. The van der Waals surface area contributed by atoms with Crippen molar-refractivity contribution in [3.8, 4) is 17.2 Å². The van der Waals surface area contributed by atoms with Gasteiger partial charge in [0.05, 0.1) is 42.2 Å². The molecule has 1 fully saturated rings. The Balaban J connectivity index is 1.67. The zero-order chi connectivity index (χ0) is 29.1. The number of ketones is 1. The Kier molecular flexibility index (Phi) is 8.21. The van der Waals surface area contributed by atoms with Crippen molar-refractivity contribution >= 4 is 44.1 Å². The van der Waals surface area contributed by atoms with Crippen LogP contribution in [-0.2, 0) is 9.59 Å². The van der Waals surface area contributed by atoms with Gasteiger partial charge in [0.1, 0.15) is 17.3 Å². The summed E-state index contributed by atoms with van der Waals surface area (Å²) < 4.78 is 31.5. The molecule has 1 atom stereocenters. The molecule has 0 spiro atoms. The lowest BCUT2D eigenvalue weighted by Crippen LogP contribution is -2.29. The number of aliphatic hydroxyl groups excluding tert-OH is 1. The summed E-state index contributed by atoms with van der Waals surface area (Å²) in [6.45, 7) is 4.95. The maximum atomic E-state index is 13.6. The Bertz CT molecular complexity index is 1630. The van der Waals surface area contributed by atoms with Crippen LogP contribution in [0.3, 0.4) is 0 Å². The van der Waals surface area contributed by atoms with Crippen LogP contribution in [0, 0.1) is 5.82 Å². The van der Waals surface area contributed by atoms with Crippen molar-refractivity contribution in [3.63, 3.8) is 0 Å². The van der Waals surface area contributed by atoms with E-state index in [1.807, 2.05) is 13.0 Å². The number of amides is 1. The minimum atomic E-state index is -1.04. The molecule has 2 heterocycles. The molecular weight excluding hydrogens is 547 g/mol. The van der Waals surface area contributed by atoms with Crippen LogP contribution in [0.25, 0.3) is 16.0 Å². The van der Waals surface area contributed by atoms with Crippen LogP contribution in [-0.4, -0.2) is 42.1 Å². The second-order valence-corrected chi connectivity index (χ2v) is 10.4. The maximum absolute atomic E-state index is 13.6. The highest BCUT2D eigenvalue weighted by molar-refractivity contribution is 7.22. The first-order chi connectivity index (χ1) is 19.9. The fourth-order valence-corrected chi connectivity index (χ4v) is 5.68. The molecule has 1 aliphatic heterocycles. The largest absolute Gasteiger partial charge is 0.507 e. The minimum Gasteiger partial charge on any atom is -0.507 e. The zero-order valence-electron chi connectivity index (χ0n) is 22.8. The first-order valence-electron chi connectivity index (χ1n) is 13.3. The summed E-state index contributed by atoms with van der Waals surface area (Å²) in [6, 6.07) is 14.6. The number of anilines is 1. The molecule has 41 heavy (non-hydrogen) atoms. The highest BCUT2D eigenvalue weighted by atomic mass is 32.1. The van der Waals surface area contributed by atoms with Gasteiger partial charge in [-0.15, -0.1) is 0 Å². The molecule has 212 valence electrons. The fourth-order valence-electron chi connectivity index (χ4n) is 4.66. The van der Waals surface area contributed by atoms with E-state index in [9.17, 15) is 19.1 Å².